The molecule has 2 rings (SSSR count). The minimum Gasteiger partial charge on any atom is -0.480 e. The summed E-state index contributed by atoms with van der Waals surface area (Å²) in [6.45, 7) is 2.79. The summed E-state index contributed by atoms with van der Waals surface area (Å²) in [4.78, 5) is 27.2. The third kappa shape index (κ3) is 2.51. The van der Waals surface area contributed by atoms with E-state index in [2.05, 4.69) is 11.9 Å². The average molecular weight is 254 g/mol. The van der Waals surface area contributed by atoms with Crippen LogP contribution in [-0.4, -0.2) is 60.5 Å². The largest absolute Gasteiger partial charge is 0.480 e. The summed E-state index contributed by atoms with van der Waals surface area (Å²) >= 11 is 0. The van der Waals surface area contributed by atoms with Gasteiger partial charge in [0.05, 0.1) is 0 Å². The maximum absolute atomic E-state index is 12.2. The van der Waals surface area contributed by atoms with Crippen LogP contribution in [0.15, 0.2) is 0 Å². The lowest BCUT2D eigenvalue weighted by atomic mass is 9.97. The fourth-order valence-corrected chi connectivity index (χ4v) is 2.90. The summed E-state index contributed by atoms with van der Waals surface area (Å²) in [7, 11) is 3.83. The van der Waals surface area contributed by atoms with Gasteiger partial charge in [0, 0.05) is 20.1 Å². The van der Waals surface area contributed by atoms with E-state index in [0.717, 1.165) is 25.9 Å². The molecule has 0 radical (unpaired) electrons. The van der Waals surface area contributed by atoms with Crippen molar-refractivity contribution in [2.24, 2.45) is 11.3 Å². The molecule has 0 aromatic carbocycles. The van der Waals surface area contributed by atoms with E-state index in [1.807, 2.05) is 0 Å². The maximum Gasteiger partial charge on any atom is 0.319 e. The van der Waals surface area contributed by atoms with Crippen molar-refractivity contribution in [1.82, 2.24) is 9.80 Å². The highest BCUT2D eigenvalue weighted by atomic mass is 16.4. The summed E-state index contributed by atoms with van der Waals surface area (Å²) in [6.07, 6.45) is 3.28. The van der Waals surface area contributed by atoms with Crippen molar-refractivity contribution in [2.75, 3.05) is 33.7 Å². The summed E-state index contributed by atoms with van der Waals surface area (Å²) in [5.41, 5.74) is -1.09. The van der Waals surface area contributed by atoms with Crippen molar-refractivity contribution in [3.8, 4) is 0 Å². The van der Waals surface area contributed by atoms with Crippen LogP contribution >= 0.6 is 0 Å². The van der Waals surface area contributed by atoms with Crippen LogP contribution in [0.4, 0.5) is 0 Å². The van der Waals surface area contributed by atoms with Crippen LogP contribution in [0, 0.1) is 11.3 Å². The third-order valence-corrected chi connectivity index (χ3v) is 4.17. The summed E-state index contributed by atoms with van der Waals surface area (Å²) in [5.74, 6) is -0.689. The molecule has 0 spiro atoms. The quantitative estimate of drug-likeness (QED) is 0.748. The van der Waals surface area contributed by atoms with Gasteiger partial charge in [-0.2, -0.15) is 0 Å². The first kappa shape index (κ1) is 13.3. The second-order valence-electron chi connectivity index (χ2n) is 5.84. The highest BCUT2D eigenvalue weighted by Crippen LogP contribution is 2.47. The van der Waals surface area contributed by atoms with E-state index in [1.165, 1.54) is 0 Å². The second kappa shape index (κ2) is 4.88. The molecule has 1 aliphatic heterocycles. The van der Waals surface area contributed by atoms with E-state index in [0.29, 0.717) is 25.3 Å². The maximum atomic E-state index is 12.2. The van der Waals surface area contributed by atoms with Crippen LogP contribution < -0.4 is 0 Å². The molecule has 102 valence electrons. The topological polar surface area (TPSA) is 60.9 Å². The smallest absolute Gasteiger partial charge is 0.319 e. The van der Waals surface area contributed by atoms with E-state index in [9.17, 15) is 9.59 Å². The fraction of sp³-hybridized carbons (Fsp3) is 0.846. The van der Waals surface area contributed by atoms with Crippen LogP contribution in [0.5, 0.6) is 0 Å². The van der Waals surface area contributed by atoms with Gasteiger partial charge in [-0.05, 0) is 45.2 Å². The third-order valence-electron chi connectivity index (χ3n) is 4.17. The minimum atomic E-state index is -1.09. The summed E-state index contributed by atoms with van der Waals surface area (Å²) in [5, 5.41) is 9.12. The van der Waals surface area contributed by atoms with Crippen molar-refractivity contribution in [2.45, 2.75) is 25.7 Å². The molecule has 1 N–H and O–H groups in total. The van der Waals surface area contributed by atoms with Crippen LogP contribution in [-0.2, 0) is 9.59 Å². The predicted molar refractivity (Wildman–Crippen MR) is 67.2 cm³/mol. The molecule has 5 nitrogen and oxygen atoms in total. The highest BCUT2D eigenvalue weighted by Gasteiger charge is 2.58. The molecule has 1 saturated carbocycles. The van der Waals surface area contributed by atoms with Crippen molar-refractivity contribution in [3.05, 3.63) is 0 Å². The molecule has 1 unspecified atom stereocenters. The molecular formula is C13H22N2O3. The van der Waals surface area contributed by atoms with Gasteiger partial charge < -0.3 is 14.9 Å². The van der Waals surface area contributed by atoms with Gasteiger partial charge in [0.15, 0.2) is 0 Å². The number of carboxylic acid groups (broad SMARTS) is 1. The summed E-state index contributed by atoms with van der Waals surface area (Å²) < 4.78 is 0. The van der Waals surface area contributed by atoms with Crippen molar-refractivity contribution < 1.29 is 14.7 Å². The molecule has 0 bridgehead atoms. The Labute approximate surface area is 108 Å². The molecule has 1 amide bonds. The Kier molecular flexibility index (Phi) is 3.61. The van der Waals surface area contributed by atoms with E-state index in [-0.39, 0.29) is 5.91 Å². The van der Waals surface area contributed by atoms with Crippen molar-refractivity contribution >= 4 is 11.9 Å². The number of rotatable bonds is 4. The lowest BCUT2D eigenvalue weighted by Crippen LogP contribution is -2.44. The Morgan fingerprint density at radius 1 is 1.44 bits per heavy atom. The number of carboxylic acids is 1. The molecule has 1 saturated heterocycles. The first-order chi connectivity index (χ1) is 8.45. The number of hydrogen-bond acceptors (Lipinski definition) is 3. The predicted octanol–water partition coefficient (Wildman–Crippen LogP) is 0.651. The average Bonchev–Trinajstić information content (AvgIpc) is 3.09. The Bertz CT molecular complexity index is 352. The number of aliphatic carboxylic acids is 1. The van der Waals surface area contributed by atoms with E-state index in [1.54, 1.807) is 11.9 Å². The van der Waals surface area contributed by atoms with Crippen LogP contribution in [0.3, 0.4) is 0 Å². The zero-order chi connectivity index (χ0) is 13.3. The monoisotopic (exact) mass is 254 g/mol. The number of likely N-dealkylation sites (tertiary alicyclic amines) is 1. The first-order valence-corrected chi connectivity index (χ1v) is 6.63. The number of hydrogen-bond donors (Lipinski definition) is 1. The van der Waals surface area contributed by atoms with E-state index >= 15 is 0 Å². The van der Waals surface area contributed by atoms with Gasteiger partial charge in [0.1, 0.15) is 5.41 Å². The molecule has 2 aliphatic rings. The van der Waals surface area contributed by atoms with Gasteiger partial charge in [-0.3, -0.25) is 9.59 Å². The molecule has 1 atom stereocenters. The first-order valence-electron chi connectivity index (χ1n) is 6.63. The standard InChI is InChI=1S/C13H22N2O3/c1-14-7-3-4-10(8-14)9-15(2)11(16)13(5-6-13)12(17)18/h10H,3-9H2,1-2H3,(H,17,18). The number of amides is 1. The van der Waals surface area contributed by atoms with E-state index < -0.39 is 11.4 Å². The molecule has 5 heteroatoms. The molecule has 0 aromatic rings. The number of nitrogens with zero attached hydrogens (tertiary/aromatic N) is 2. The van der Waals surface area contributed by atoms with Crippen LogP contribution in [0.1, 0.15) is 25.7 Å². The SMILES string of the molecule is CN1CCCC(CN(C)C(=O)C2(C(=O)O)CC2)C1. The van der Waals surface area contributed by atoms with Gasteiger partial charge in [-0.15, -0.1) is 0 Å². The molecular weight excluding hydrogens is 232 g/mol. The number of carbonyl (C=O) groups excluding carboxylic acids is 1. The van der Waals surface area contributed by atoms with Crippen molar-refractivity contribution in [1.29, 1.82) is 0 Å². The van der Waals surface area contributed by atoms with Gasteiger partial charge in [0.2, 0.25) is 5.91 Å². The van der Waals surface area contributed by atoms with Gasteiger partial charge in [0.25, 0.3) is 0 Å². The Hall–Kier alpha value is -1.10. The summed E-state index contributed by atoms with van der Waals surface area (Å²) in [6, 6.07) is 0. The van der Waals surface area contributed by atoms with Gasteiger partial charge in [-0.25, -0.2) is 0 Å². The Balaban J connectivity index is 1.90. The molecule has 1 aliphatic carbocycles. The molecule has 1 heterocycles. The second-order valence-corrected chi connectivity index (χ2v) is 5.84. The zero-order valence-corrected chi connectivity index (χ0v) is 11.2. The van der Waals surface area contributed by atoms with Gasteiger partial charge in [-0.1, -0.05) is 0 Å². The zero-order valence-electron chi connectivity index (χ0n) is 11.2. The molecule has 0 aromatic heterocycles. The van der Waals surface area contributed by atoms with Crippen LogP contribution in [0.25, 0.3) is 0 Å². The molecule has 2 fully saturated rings. The van der Waals surface area contributed by atoms with Crippen LogP contribution in [0.2, 0.25) is 0 Å². The normalized spacial score (nSPS) is 26.7. The van der Waals surface area contributed by atoms with Crippen molar-refractivity contribution in [3.63, 3.8) is 0 Å². The lowest BCUT2D eigenvalue weighted by molar-refractivity contribution is -0.153. The highest BCUT2D eigenvalue weighted by molar-refractivity contribution is 6.04. The number of piperidine rings is 1. The lowest BCUT2D eigenvalue weighted by Gasteiger charge is -2.33. The van der Waals surface area contributed by atoms with E-state index in [4.69, 9.17) is 5.11 Å². The molecule has 18 heavy (non-hydrogen) atoms. The Morgan fingerprint density at radius 2 is 2.11 bits per heavy atom. The fourth-order valence-electron chi connectivity index (χ4n) is 2.90. The Morgan fingerprint density at radius 3 is 2.61 bits per heavy atom. The number of carbonyl (C=O) groups is 2. The van der Waals surface area contributed by atoms with Gasteiger partial charge >= 0.3 is 5.97 Å². The minimum absolute atomic E-state index is 0.205.